The van der Waals surface area contributed by atoms with Gasteiger partial charge in [-0.1, -0.05) is 36.8 Å². The second kappa shape index (κ2) is 9.68. The molecule has 184 valence electrons. The topological polar surface area (TPSA) is 87.2 Å². The van der Waals surface area contributed by atoms with Crippen molar-refractivity contribution in [1.29, 1.82) is 0 Å². The molecule has 1 N–H and O–H groups in total. The van der Waals surface area contributed by atoms with Crippen molar-refractivity contribution in [2.45, 2.75) is 69.7 Å². The van der Waals surface area contributed by atoms with Crippen LogP contribution in [0.2, 0.25) is 0 Å². The molecule has 2 saturated carbocycles. The molecule has 2 fully saturated rings. The van der Waals surface area contributed by atoms with Gasteiger partial charge in [-0.05, 0) is 55.0 Å². The molecule has 3 aliphatic rings. The number of carboxylic acid groups (broad SMARTS) is 1. The molecule has 1 heterocycles. The van der Waals surface area contributed by atoms with Crippen LogP contribution in [0.25, 0.3) is 0 Å². The van der Waals surface area contributed by atoms with E-state index < -0.39 is 12.1 Å². The van der Waals surface area contributed by atoms with Crippen molar-refractivity contribution in [1.82, 2.24) is 4.90 Å². The number of nitrogens with zero attached hydrogens (tertiary/aromatic N) is 2. The predicted molar refractivity (Wildman–Crippen MR) is 126 cm³/mol. The van der Waals surface area contributed by atoms with Crippen molar-refractivity contribution < 1.29 is 28.6 Å². The van der Waals surface area contributed by atoms with Gasteiger partial charge in [0.05, 0.1) is 18.2 Å². The maximum Gasteiger partial charge on any atom is 0.414 e. The molecule has 7 nitrogen and oxygen atoms in total. The van der Waals surface area contributed by atoms with E-state index in [9.17, 15) is 18.8 Å². The molecule has 8 heteroatoms. The summed E-state index contributed by atoms with van der Waals surface area (Å²) in [5, 5.41) is 9.11. The van der Waals surface area contributed by atoms with Gasteiger partial charge >= 0.3 is 12.1 Å². The average molecular weight is 481 g/mol. The highest BCUT2D eigenvalue weighted by Gasteiger charge is 2.51. The highest BCUT2D eigenvalue weighted by molar-refractivity contribution is 5.91. The molecule has 0 saturated heterocycles. The summed E-state index contributed by atoms with van der Waals surface area (Å²) in [7, 11) is 0. The van der Waals surface area contributed by atoms with Crippen LogP contribution in [-0.4, -0.2) is 40.1 Å². The van der Waals surface area contributed by atoms with Gasteiger partial charge in [0.25, 0.3) is 0 Å². The maximum absolute atomic E-state index is 13.4. The smallest absolute Gasteiger partial charge is 0.414 e. The summed E-state index contributed by atoms with van der Waals surface area (Å²) >= 11 is 0. The van der Waals surface area contributed by atoms with E-state index in [1.54, 1.807) is 17.0 Å². The van der Waals surface area contributed by atoms with Gasteiger partial charge in [0.1, 0.15) is 12.4 Å². The molecule has 1 aliphatic heterocycles. The Morgan fingerprint density at radius 1 is 1.00 bits per heavy atom. The number of fused-ring (bicyclic) bond motifs is 2. The van der Waals surface area contributed by atoms with Crippen molar-refractivity contribution in [3.05, 3.63) is 65.5 Å². The molecule has 2 aromatic carbocycles. The summed E-state index contributed by atoms with van der Waals surface area (Å²) in [5.74, 6) is -1.40. The first-order valence-corrected chi connectivity index (χ1v) is 12.3. The minimum absolute atomic E-state index is 0.0225. The van der Waals surface area contributed by atoms with E-state index in [0.29, 0.717) is 5.56 Å². The van der Waals surface area contributed by atoms with Crippen molar-refractivity contribution in [3.8, 4) is 0 Å². The number of rotatable bonds is 7. The first kappa shape index (κ1) is 23.3. The summed E-state index contributed by atoms with van der Waals surface area (Å²) < 4.78 is 18.9. The fourth-order valence-corrected chi connectivity index (χ4v) is 5.69. The van der Waals surface area contributed by atoms with Crippen LogP contribution in [0.15, 0.2) is 48.5 Å². The zero-order chi connectivity index (χ0) is 24.5. The van der Waals surface area contributed by atoms with Gasteiger partial charge in [-0.25, -0.2) is 9.18 Å². The highest BCUT2D eigenvalue weighted by Crippen LogP contribution is 2.52. The van der Waals surface area contributed by atoms with Gasteiger partial charge in [0, 0.05) is 24.4 Å². The second-order valence-corrected chi connectivity index (χ2v) is 9.64. The summed E-state index contributed by atoms with van der Waals surface area (Å²) in [5.41, 5.74) is 2.35. The van der Waals surface area contributed by atoms with Gasteiger partial charge in [0.15, 0.2) is 0 Å². The fraction of sp³-hybridized carbons (Fsp3) is 0.444. The zero-order valence-corrected chi connectivity index (χ0v) is 19.4. The molecule has 0 spiro atoms. The van der Waals surface area contributed by atoms with E-state index in [1.807, 2.05) is 29.2 Å². The fourth-order valence-electron chi connectivity index (χ4n) is 5.69. The number of hydrogen-bond donors (Lipinski definition) is 1. The number of ether oxygens (including phenoxy) is 1. The minimum Gasteiger partial charge on any atom is -0.481 e. The molecular formula is C27H29FN2O5. The summed E-state index contributed by atoms with van der Waals surface area (Å²) in [6.45, 7) is 0.0421. The Bertz CT molecular complexity index is 1120. The predicted octanol–water partition coefficient (Wildman–Crippen LogP) is 5.05. The first-order chi connectivity index (χ1) is 16.9. The maximum atomic E-state index is 13.4. The number of halogens is 1. The molecule has 2 amide bonds. The van der Waals surface area contributed by atoms with Crippen LogP contribution in [-0.2, 0) is 20.9 Å². The van der Waals surface area contributed by atoms with Gasteiger partial charge < -0.3 is 14.7 Å². The Kier molecular flexibility index (Phi) is 6.45. The normalized spacial score (nSPS) is 22.8. The first-order valence-electron chi connectivity index (χ1n) is 12.3. The molecule has 0 bridgehead atoms. The Hall–Kier alpha value is -3.42. The number of amides is 2. The largest absolute Gasteiger partial charge is 0.481 e. The molecule has 2 aromatic rings. The SMILES string of the molecule is O=C(O)CCC(=O)N(C1CC1)C1c2ccccc2N(C(=O)OCc2ccc(F)cc2)C2CCCC21. The van der Waals surface area contributed by atoms with Crippen molar-refractivity contribution in [2.75, 3.05) is 4.90 Å². The van der Waals surface area contributed by atoms with Gasteiger partial charge in [-0.15, -0.1) is 0 Å². The van der Waals surface area contributed by atoms with Crippen LogP contribution in [0.4, 0.5) is 14.9 Å². The standard InChI is InChI=1S/C27H29FN2O5/c28-18-10-8-17(9-11-18)16-35-27(34)30-22-6-2-1-4-20(22)26(21-5-3-7-23(21)30)29(19-12-13-19)24(31)14-15-25(32)33/h1-2,4,6,8-11,19,21,23,26H,3,5,7,12-16H2,(H,32,33). The van der Waals surface area contributed by atoms with Crippen molar-refractivity contribution in [2.24, 2.45) is 5.92 Å². The molecule has 35 heavy (non-hydrogen) atoms. The average Bonchev–Trinajstić information content (AvgIpc) is 3.57. The van der Waals surface area contributed by atoms with Crippen LogP contribution in [0.3, 0.4) is 0 Å². The lowest BCUT2D eigenvalue weighted by Gasteiger charge is -2.47. The summed E-state index contributed by atoms with van der Waals surface area (Å²) in [4.78, 5) is 41.4. The molecule has 3 atom stereocenters. The minimum atomic E-state index is -0.980. The lowest BCUT2D eigenvalue weighted by Crippen LogP contribution is -2.53. The van der Waals surface area contributed by atoms with Crippen LogP contribution in [0.1, 0.15) is 62.1 Å². The van der Waals surface area contributed by atoms with Crippen molar-refractivity contribution in [3.63, 3.8) is 0 Å². The van der Waals surface area contributed by atoms with Gasteiger partial charge in [-0.3, -0.25) is 14.5 Å². The third-order valence-electron chi connectivity index (χ3n) is 7.34. The number of carbonyl (C=O) groups is 3. The molecule has 0 radical (unpaired) electrons. The van der Waals surface area contributed by atoms with E-state index in [1.165, 1.54) is 12.1 Å². The quantitative estimate of drug-likeness (QED) is 0.599. The number of carbonyl (C=O) groups excluding carboxylic acids is 2. The number of benzene rings is 2. The van der Waals surface area contributed by atoms with E-state index in [0.717, 1.165) is 43.4 Å². The second-order valence-electron chi connectivity index (χ2n) is 9.64. The number of para-hydroxylation sites is 1. The Morgan fingerprint density at radius 3 is 2.46 bits per heavy atom. The molecule has 3 unspecified atom stereocenters. The Morgan fingerprint density at radius 2 is 1.74 bits per heavy atom. The zero-order valence-electron chi connectivity index (χ0n) is 19.4. The molecule has 5 rings (SSSR count). The summed E-state index contributed by atoms with van der Waals surface area (Å²) in [6.07, 6.45) is 3.79. The number of aliphatic carboxylic acids is 1. The van der Waals surface area contributed by atoms with Crippen LogP contribution in [0, 0.1) is 11.7 Å². The Labute approximate surface area is 203 Å². The summed E-state index contributed by atoms with van der Waals surface area (Å²) in [6, 6.07) is 13.3. The third kappa shape index (κ3) is 4.74. The van der Waals surface area contributed by atoms with Crippen molar-refractivity contribution >= 4 is 23.7 Å². The molecule has 2 aliphatic carbocycles. The highest BCUT2D eigenvalue weighted by atomic mass is 19.1. The van der Waals surface area contributed by atoms with Crippen LogP contribution in [0.5, 0.6) is 0 Å². The molecular weight excluding hydrogens is 451 g/mol. The van der Waals surface area contributed by atoms with E-state index in [-0.39, 0.29) is 55.2 Å². The number of anilines is 1. The van der Waals surface area contributed by atoms with E-state index in [2.05, 4.69) is 0 Å². The van der Waals surface area contributed by atoms with E-state index >= 15 is 0 Å². The lowest BCUT2D eigenvalue weighted by molar-refractivity contribution is -0.142. The Balaban J connectivity index is 1.44. The van der Waals surface area contributed by atoms with Gasteiger partial charge in [-0.2, -0.15) is 0 Å². The number of hydrogen-bond acceptors (Lipinski definition) is 4. The van der Waals surface area contributed by atoms with Gasteiger partial charge in [0.2, 0.25) is 5.91 Å². The van der Waals surface area contributed by atoms with Crippen LogP contribution < -0.4 is 4.90 Å². The molecule has 0 aromatic heterocycles. The van der Waals surface area contributed by atoms with Crippen LogP contribution >= 0.6 is 0 Å². The monoisotopic (exact) mass is 480 g/mol. The third-order valence-corrected chi connectivity index (χ3v) is 7.34. The van der Waals surface area contributed by atoms with E-state index in [4.69, 9.17) is 9.84 Å². The lowest BCUT2D eigenvalue weighted by atomic mass is 9.81. The number of carboxylic acids is 1.